The number of hydrogen-bond donors (Lipinski definition) is 0. The van der Waals surface area contributed by atoms with Crippen LogP contribution in [-0.4, -0.2) is 31.3 Å². The largest absolute Gasteiger partial charge is 0.244 e. The number of sulfonamides is 1. The van der Waals surface area contributed by atoms with Gasteiger partial charge in [-0.15, -0.1) is 0 Å². The molecule has 1 fully saturated rings. The summed E-state index contributed by atoms with van der Waals surface area (Å²) in [6.07, 6.45) is 3.44. The summed E-state index contributed by atoms with van der Waals surface area (Å²) in [7, 11) is -1.88. The summed E-state index contributed by atoms with van der Waals surface area (Å²) in [4.78, 5) is 3.91. The van der Waals surface area contributed by atoms with Gasteiger partial charge in [-0.05, 0) is 30.9 Å². The second-order valence-corrected chi connectivity index (χ2v) is 6.26. The van der Waals surface area contributed by atoms with Crippen molar-refractivity contribution >= 4 is 10.0 Å². The van der Waals surface area contributed by atoms with Gasteiger partial charge in [0.25, 0.3) is 0 Å². The first-order valence-electron chi connectivity index (χ1n) is 5.36. The molecule has 0 spiro atoms. The summed E-state index contributed by atoms with van der Waals surface area (Å²) in [6, 6.07) is 4.69. The summed E-state index contributed by atoms with van der Waals surface area (Å²) in [6.45, 7) is 0.558. The molecular formula is C11H13N3O2S. The predicted molar refractivity (Wildman–Crippen MR) is 61.5 cm³/mol. The lowest BCUT2D eigenvalue weighted by Crippen LogP contribution is -2.29. The number of nitrogens with zero attached hydrogens (tertiary/aromatic N) is 3. The van der Waals surface area contributed by atoms with E-state index in [9.17, 15) is 8.42 Å². The first-order valence-corrected chi connectivity index (χ1v) is 6.80. The molecule has 17 heavy (non-hydrogen) atoms. The summed E-state index contributed by atoms with van der Waals surface area (Å²) in [5.41, 5.74) is 0.216. The van der Waals surface area contributed by atoms with E-state index in [1.165, 1.54) is 22.6 Å². The number of pyridine rings is 1. The Kier molecular flexibility index (Phi) is 3.13. The molecule has 0 aliphatic heterocycles. The summed E-state index contributed by atoms with van der Waals surface area (Å²) in [5.74, 6) is 0.501. The third kappa shape index (κ3) is 2.62. The number of aromatic nitrogens is 1. The van der Waals surface area contributed by atoms with Gasteiger partial charge in [-0.25, -0.2) is 17.7 Å². The molecule has 1 aromatic heterocycles. The third-order valence-electron chi connectivity index (χ3n) is 2.77. The Morgan fingerprint density at radius 3 is 2.71 bits per heavy atom. The van der Waals surface area contributed by atoms with Crippen molar-refractivity contribution in [1.29, 1.82) is 5.26 Å². The van der Waals surface area contributed by atoms with Gasteiger partial charge in [0.05, 0.1) is 0 Å². The highest BCUT2D eigenvalue weighted by molar-refractivity contribution is 7.89. The molecule has 0 N–H and O–H groups in total. The zero-order valence-corrected chi connectivity index (χ0v) is 10.3. The molecule has 0 radical (unpaired) electrons. The summed E-state index contributed by atoms with van der Waals surface area (Å²) >= 11 is 0. The molecule has 1 aromatic rings. The van der Waals surface area contributed by atoms with Gasteiger partial charge < -0.3 is 0 Å². The number of hydrogen-bond acceptors (Lipinski definition) is 4. The molecule has 1 saturated carbocycles. The minimum atomic E-state index is -3.46. The highest BCUT2D eigenvalue weighted by atomic mass is 32.2. The van der Waals surface area contributed by atoms with Gasteiger partial charge in [0.1, 0.15) is 16.7 Å². The fourth-order valence-electron chi connectivity index (χ4n) is 1.54. The van der Waals surface area contributed by atoms with E-state index < -0.39 is 10.0 Å². The van der Waals surface area contributed by atoms with Gasteiger partial charge in [-0.1, -0.05) is 0 Å². The second-order valence-electron chi connectivity index (χ2n) is 4.22. The lowest BCUT2D eigenvalue weighted by atomic mass is 10.4. The van der Waals surface area contributed by atoms with Crippen LogP contribution in [0.25, 0.3) is 0 Å². The third-order valence-corrected chi connectivity index (χ3v) is 4.58. The van der Waals surface area contributed by atoms with Crippen LogP contribution in [0.3, 0.4) is 0 Å². The average Bonchev–Trinajstić information content (AvgIpc) is 3.13. The Bertz CT molecular complexity index is 541. The maximum atomic E-state index is 12.1. The molecule has 0 aromatic carbocycles. The van der Waals surface area contributed by atoms with Crippen molar-refractivity contribution in [2.75, 3.05) is 13.6 Å². The van der Waals surface area contributed by atoms with Crippen LogP contribution in [0.2, 0.25) is 0 Å². The van der Waals surface area contributed by atoms with Crippen molar-refractivity contribution in [3.8, 4) is 6.07 Å². The Morgan fingerprint density at radius 2 is 2.24 bits per heavy atom. The van der Waals surface area contributed by atoms with Crippen LogP contribution in [0.15, 0.2) is 23.2 Å². The maximum absolute atomic E-state index is 12.1. The second kappa shape index (κ2) is 4.43. The number of nitriles is 1. The van der Waals surface area contributed by atoms with E-state index in [4.69, 9.17) is 5.26 Å². The first kappa shape index (κ1) is 12.0. The van der Waals surface area contributed by atoms with Gasteiger partial charge in [0.15, 0.2) is 0 Å². The zero-order valence-electron chi connectivity index (χ0n) is 9.50. The van der Waals surface area contributed by atoms with E-state index in [0.29, 0.717) is 12.5 Å². The lowest BCUT2D eigenvalue weighted by Gasteiger charge is -2.16. The molecule has 1 aliphatic carbocycles. The van der Waals surface area contributed by atoms with Gasteiger partial charge >= 0.3 is 0 Å². The van der Waals surface area contributed by atoms with E-state index in [2.05, 4.69) is 4.98 Å². The normalized spacial score (nSPS) is 15.8. The molecule has 2 rings (SSSR count). The molecule has 0 atom stereocenters. The van der Waals surface area contributed by atoms with Crippen LogP contribution in [0.4, 0.5) is 0 Å². The Hall–Kier alpha value is -1.45. The summed E-state index contributed by atoms with van der Waals surface area (Å²) in [5, 5.41) is 8.60. The van der Waals surface area contributed by atoms with E-state index >= 15 is 0 Å². The lowest BCUT2D eigenvalue weighted by molar-refractivity contribution is 0.452. The van der Waals surface area contributed by atoms with Crippen molar-refractivity contribution < 1.29 is 8.42 Å². The van der Waals surface area contributed by atoms with E-state index in [0.717, 1.165) is 12.8 Å². The van der Waals surface area contributed by atoms with Crippen molar-refractivity contribution in [1.82, 2.24) is 9.29 Å². The first-order chi connectivity index (χ1) is 8.04. The van der Waals surface area contributed by atoms with Crippen LogP contribution >= 0.6 is 0 Å². The van der Waals surface area contributed by atoms with E-state index in [1.807, 2.05) is 6.07 Å². The molecular weight excluding hydrogens is 238 g/mol. The average molecular weight is 251 g/mol. The molecule has 0 saturated heterocycles. The van der Waals surface area contributed by atoms with Crippen LogP contribution in [0, 0.1) is 17.2 Å². The Morgan fingerprint density at radius 1 is 1.53 bits per heavy atom. The quantitative estimate of drug-likeness (QED) is 0.799. The van der Waals surface area contributed by atoms with Crippen LogP contribution < -0.4 is 0 Å². The van der Waals surface area contributed by atoms with Crippen LogP contribution in [-0.2, 0) is 10.0 Å². The van der Waals surface area contributed by atoms with Crippen molar-refractivity contribution in [3.63, 3.8) is 0 Å². The maximum Gasteiger partial charge on any atom is 0.244 e. The molecule has 6 heteroatoms. The molecule has 5 nitrogen and oxygen atoms in total. The topological polar surface area (TPSA) is 74.1 Å². The zero-order chi connectivity index (χ0) is 12.5. The monoisotopic (exact) mass is 251 g/mol. The van der Waals surface area contributed by atoms with E-state index in [-0.39, 0.29) is 10.6 Å². The standard InChI is InChI=1S/C11H13N3O2S/c1-14(8-9-2-3-9)17(15,16)11-5-4-10(6-12)13-7-11/h4-5,7,9H,2-3,8H2,1H3. The van der Waals surface area contributed by atoms with Gasteiger partial charge in [-0.3, -0.25) is 0 Å². The van der Waals surface area contributed by atoms with Crippen molar-refractivity contribution in [2.45, 2.75) is 17.7 Å². The molecule has 0 unspecified atom stereocenters. The highest BCUT2D eigenvalue weighted by Gasteiger charge is 2.29. The highest BCUT2D eigenvalue weighted by Crippen LogP contribution is 2.30. The van der Waals surface area contributed by atoms with Crippen molar-refractivity contribution in [3.05, 3.63) is 24.0 Å². The van der Waals surface area contributed by atoms with Gasteiger partial charge in [-0.2, -0.15) is 5.26 Å². The molecule has 1 heterocycles. The smallest absolute Gasteiger partial charge is 0.244 e. The fourth-order valence-corrected chi connectivity index (χ4v) is 2.73. The van der Waals surface area contributed by atoms with E-state index in [1.54, 1.807) is 7.05 Å². The fraction of sp³-hybridized carbons (Fsp3) is 0.455. The molecule has 1 aliphatic rings. The molecule has 0 amide bonds. The Balaban J connectivity index is 2.20. The van der Waals surface area contributed by atoms with Gasteiger partial charge in [0.2, 0.25) is 10.0 Å². The minimum Gasteiger partial charge on any atom is -0.244 e. The molecule has 0 bridgehead atoms. The number of rotatable bonds is 4. The predicted octanol–water partition coefficient (Wildman–Crippen LogP) is 0.984. The SMILES string of the molecule is CN(CC1CC1)S(=O)(=O)c1ccc(C#N)nc1. The molecule has 90 valence electrons. The summed E-state index contributed by atoms with van der Waals surface area (Å²) < 4.78 is 25.6. The van der Waals surface area contributed by atoms with Crippen molar-refractivity contribution in [2.24, 2.45) is 5.92 Å². The van der Waals surface area contributed by atoms with Gasteiger partial charge in [0, 0.05) is 19.8 Å². The van der Waals surface area contributed by atoms with Crippen LogP contribution in [0.1, 0.15) is 18.5 Å². The minimum absolute atomic E-state index is 0.139. The van der Waals surface area contributed by atoms with Crippen LogP contribution in [0.5, 0.6) is 0 Å². The Labute approximate surface area is 101 Å².